The van der Waals surface area contributed by atoms with Crippen LogP contribution in [0.15, 0.2) is 6.20 Å². The van der Waals surface area contributed by atoms with Crippen LogP contribution in [-0.2, 0) is 0 Å². The van der Waals surface area contributed by atoms with Gasteiger partial charge in [-0.3, -0.25) is 9.78 Å². The summed E-state index contributed by atoms with van der Waals surface area (Å²) in [6.45, 7) is 1.55. The SMILES string of the molecule is Cc1ncc(C(F)F)c(C=O)c1Cl. The summed E-state index contributed by atoms with van der Waals surface area (Å²) in [6.07, 6.45) is -1.44. The molecule has 1 aromatic rings. The van der Waals surface area contributed by atoms with Crippen LogP contribution in [-0.4, -0.2) is 11.3 Å². The summed E-state index contributed by atoms with van der Waals surface area (Å²) in [4.78, 5) is 14.1. The van der Waals surface area contributed by atoms with Crippen molar-refractivity contribution in [3.8, 4) is 0 Å². The summed E-state index contributed by atoms with van der Waals surface area (Å²) in [5.74, 6) is 0. The van der Waals surface area contributed by atoms with Gasteiger partial charge < -0.3 is 0 Å². The lowest BCUT2D eigenvalue weighted by molar-refractivity contribution is 0.110. The summed E-state index contributed by atoms with van der Waals surface area (Å²) in [6, 6.07) is 0. The monoisotopic (exact) mass is 205 g/mol. The van der Waals surface area contributed by atoms with Crippen LogP contribution in [0.5, 0.6) is 0 Å². The van der Waals surface area contributed by atoms with Crippen LogP contribution >= 0.6 is 11.6 Å². The van der Waals surface area contributed by atoms with Crippen molar-refractivity contribution in [3.05, 3.63) is 28.0 Å². The van der Waals surface area contributed by atoms with Crippen LogP contribution in [0.3, 0.4) is 0 Å². The molecule has 0 bridgehead atoms. The first kappa shape index (κ1) is 10.1. The van der Waals surface area contributed by atoms with Gasteiger partial charge in [0.2, 0.25) is 0 Å². The van der Waals surface area contributed by atoms with E-state index in [0.717, 1.165) is 6.20 Å². The average Bonchev–Trinajstić information content (AvgIpc) is 2.09. The van der Waals surface area contributed by atoms with Crippen LogP contribution in [0.4, 0.5) is 8.78 Å². The molecular formula is C8H6ClF2NO. The molecule has 70 valence electrons. The smallest absolute Gasteiger partial charge is 0.266 e. The number of alkyl halides is 2. The van der Waals surface area contributed by atoms with Crippen molar-refractivity contribution in [2.45, 2.75) is 13.3 Å². The fraction of sp³-hybridized carbons (Fsp3) is 0.250. The van der Waals surface area contributed by atoms with Gasteiger partial charge in [-0.05, 0) is 6.92 Å². The molecule has 0 spiro atoms. The minimum absolute atomic E-state index is 0.00667. The maximum atomic E-state index is 12.3. The predicted molar refractivity (Wildman–Crippen MR) is 44.3 cm³/mol. The Morgan fingerprint density at radius 2 is 2.23 bits per heavy atom. The first-order valence-corrected chi connectivity index (χ1v) is 3.84. The number of aldehydes is 1. The molecule has 0 aromatic carbocycles. The summed E-state index contributed by atoms with van der Waals surface area (Å²) >= 11 is 5.62. The maximum absolute atomic E-state index is 12.3. The molecule has 0 radical (unpaired) electrons. The van der Waals surface area contributed by atoms with E-state index in [-0.39, 0.29) is 10.6 Å². The molecule has 5 heteroatoms. The van der Waals surface area contributed by atoms with E-state index >= 15 is 0 Å². The number of hydrogen-bond donors (Lipinski definition) is 0. The predicted octanol–water partition coefficient (Wildman–Crippen LogP) is 2.79. The number of hydrogen-bond acceptors (Lipinski definition) is 2. The van der Waals surface area contributed by atoms with Crippen LogP contribution in [0.1, 0.15) is 28.0 Å². The molecule has 0 saturated carbocycles. The third-order valence-corrected chi connectivity index (χ3v) is 2.09. The Labute approximate surface area is 78.5 Å². The molecule has 13 heavy (non-hydrogen) atoms. The highest BCUT2D eigenvalue weighted by molar-refractivity contribution is 6.33. The van der Waals surface area contributed by atoms with Crippen LogP contribution < -0.4 is 0 Å². The molecule has 0 aliphatic rings. The Morgan fingerprint density at radius 3 is 2.69 bits per heavy atom. The van der Waals surface area contributed by atoms with E-state index in [1.807, 2.05) is 0 Å². The second-order valence-electron chi connectivity index (χ2n) is 2.45. The van der Waals surface area contributed by atoms with Crippen LogP contribution in [0.2, 0.25) is 5.02 Å². The van der Waals surface area contributed by atoms with Gasteiger partial charge in [0.25, 0.3) is 6.43 Å². The molecule has 0 aliphatic heterocycles. The average molecular weight is 206 g/mol. The zero-order chi connectivity index (χ0) is 10.0. The molecule has 0 atom stereocenters. The van der Waals surface area contributed by atoms with Crippen molar-refractivity contribution in [3.63, 3.8) is 0 Å². The molecule has 0 fully saturated rings. The standard InChI is InChI=1S/C8H6ClF2NO/c1-4-7(9)6(3-13)5(2-12-4)8(10)11/h2-3,8H,1H3. The molecule has 0 saturated heterocycles. The number of rotatable bonds is 2. The molecular weight excluding hydrogens is 200 g/mol. The van der Waals surface area contributed by atoms with Gasteiger partial charge in [0.05, 0.1) is 10.7 Å². The third-order valence-electron chi connectivity index (χ3n) is 1.62. The molecule has 2 nitrogen and oxygen atoms in total. The Kier molecular flexibility index (Phi) is 2.93. The highest BCUT2D eigenvalue weighted by Crippen LogP contribution is 2.27. The number of carbonyl (C=O) groups excluding carboxylic acids is 1. The van der Waals surface area contributed by atoms with E-state index in [1.54, 1.807) is 6.92 Å². The highest BCUT2D eigenvalue weighted by atomic mass is 35.5. The van der Waals surface area contributed by atoms with Crippen molar-refractivity contribution in [2.24, 2.45) is 0 Å². The van der Waals surface area contributed by atoms with Crippen molar-refractivity contribution in [2.75, 3.05) is 0 Å². The highest BCUT2D eigenvalue weighted by Gasteiger charge is 2.17. The summed E-state index contributed by atoms with van der Waals surface area (Å²) in [5.41, 5.74) is -0.233. The van der Waals surface area contributed by atoms with Gasteiger partial charge in [-0.15, -0.1) is 0 Å². The number of nitrogens with zero attached hydrogens (tertiary/aromatic N) is 1. The molecule has 0 N–H and O–H groups in total. The van der Waals surface area contributed by atoms with Gasteiger partial charge in [-0.2, -0.15) is 0 Å². The molecule has 1 aromatic heterocycles. The van der Waals surface area contributed by atoms with Crippen molar-refractivity contribution in [1.29, 1.82) is 0 Å². The summed E-state index contributed by atoms with van der Waals surface area (Å²) in [7, 11) is 0. The lowest BCUT2D eigenvalue weighted by Gasteiger charge is -2.06. The van der Waals surface area contributed by atoms with Gasteiger partial charge in [0.15, 0.2) is 6.29 Å². The fourth-order valence-electron chi connectivity index (χ4n) is 0.908. The Morgan fingerprint density at radius 1 is 1.62 bits per heavy atom. The maximum Gasteiger partial charge on any atom is 0.266 e. The van der Waals surface area contributed by atoms with Crippen molar-refractivity contribution < 1.29 is 13.6 Å². The van der Waals surface area contributed by atoms with E-state index in [0.29, 0.717) is 12.0 Å². The number of halogens is 3. The lowest BCUT2D eigenvalue weighted by Crippen LogP contribution is -1.98. The zero-order valence-corrected chi connectivity index (χ0v) is 7.48. The van der Waals surface area contributed by atoms with Crippen LogP contribution in [0, 0.1) is 6.92 Å². The number of pyridine rings is 1. The van der Waals surface area contributed by atoms with E-state index in [4.69, 9.17) is 11.6 Å². The fourth-order valence-corrected chi connectivity index (χ4v) is 1.11. The second kappa shape index (κ2) is 3.79. The van der Waals surface area contributed by atoms with Gasteiger partial charge >= 0.3 is 0 Å². The van der Waals surface area contributed by atoms with E-state index in [1.165, 1.54) is 0 Å². The Bertz CT molecular complexity index is 341. The minimum Gasteiger partial charge on any atom is -0.298 e. The van der Waals surface area contributed by atoms with E-state index < -0.39 is 12.0 Å². The topological polar surface area (TPSA) is 30.0 Å². The summed E-state index contributed by atoms with van der Waals surface area (Å²) in [5, 5.41) is -0.00667. The van der Waals surface area contributed by atoms with Crippen LogP contribution in [0.25, 0.3) is 0 Å². The van der Waals surface area contributed by atoms with Gasteiger partial charge in [0, 0.05) is 17.3 Å². The zero-order valence-electron chi connectivity index (χ0n) is 6.72. The van der Waals surface area contributed by atoms with Gasteiger partial charge in [-0.25, -0.2) is 8.78 Å². The Hall–Kier alpha value is -1.03. The molecule has 0 amide bonds. The Balaban J connectivity index is 3.38. The largest absolute Gasteiger partial charge is 0.298 e. The molecule has 1 rings (SSSR count). The lowest BCUT2D eigenvalue weighted by atomic mass is 10.1. The minimum atomic E-state index is -2.73. The molecule has 1 heterocycles. The van der Waals surface area contributed by atoms with Crippen molar-refractivity contribution in [1.82, 2.24) is 4.98 Å². The quantitative estimate of drug-likeness (QED) is 0.695. The normalized spacial score (nSPS) is 10.5. The first-order valence-electron chi connectivity index (χ1n) is 3.46. The van der Waals surface area contributed by atoms with E-state index in [9.17, 15) is 13.6 Å². The number of carbonyl (C=O) groups is 1. The van der Waals surface area contributed by atoms with Gasteiger partial charge in [-0.1, -0.05) is 11.6 Å². The van der Waals surface area contributed by atoms with Gasteiger partial charge in [0.1, 0.15) is 0 Å². The second-order valence-corrected chi connectivity index (χ2v) is 2.82. The third kappa shape index (κ3) is 1.83. The number of aromatic nitrogens is 1. The molecule has 0 unspecified atom stereocenters. The number of aryl methyl sites for hydroxylation is 1. The van der Waals surface area contributed by atoms with E-state index in [2.05, 4.69) is 4.98 Å². The molecule has 0 aliphatic carbocycles. The first-order chi connectivity index (χ1) is 6.07. The van der Waals surface area contributed by atoms with Crippen molar-refractivity contribution >= 4 is 17.9 Å². The summed E-state index contributed by atoms with van der Waals surface area (Å²) < 4.78 is 24.5.